The van der Waals surface area contributed by atoms with E-state index in [2.05, 4.69) is 10.6 Å². The van der Waals surface area contributed by atoms with Crippen LogP contribution in [0.3, 0.4) is 0 Å². The smallest absolute Gasteiger partial charge is 0.406 e. The van der Waals surface area contributed by atoms with Gasteiger partial charge in [-0.15, -0.1) is 0 Å². The zero-order valence-corrected chi connectivity index (χ0v) is 23.3. The Labute approximate surface area is 233 Å². The van der Waals surface area contributed by atoms with Crippen molar-refractivity contribution in [3.8, 4) is 17.2 Å². The van der Waals surface area contributed by atoms with E-state index in [9.17, 15) is 28.2 Å². The first-order valence-corrected chi connectivity index (χ1v) is 14.1. The van der Waals surface area contributed by atoms with E-state index in [4.69, 9.17) is 18.9 Å². The molecule has 2 atom stereocenters. The number of benzene rings is 2. The van der Waals surface area contributed by atoms with Crippen molar-refractivity contribution in [2.24, 2.45) is 5.92 Å². The molecule has 2 amide bonds. The molecule has 1 aliphatic rings. The normalized spacial score (nSPS) is 14.1. The molecule has 0 bridgehead atoms. The van der Waals surface area contributed by atoms with Gasteiger partial charge in [0.05, 0.1) is 17.0 Å². The van der Waals surface area contributed by atoms with E-state index >= 15 is 0 Å². The number of aliphatic hydroxyl groups excluding tert-OH is 1. The number of hydrogen-bond donors (Lipinski definition) is 4. The molecule has 1 heterocycles. The number of carbonyl (C=O) groups excluding carboxylic acids is 1. The van der Waals surface area contributed by atoms with Crippen molar-refractivity contribution in [1.29, 1.82) is 0 Å². The summed E-state index contributed by atoms with van der Waals surface area (Å²) >= 11 is 0. The molecule has 3 rings (SSSR count). The maximum atomic E-state index is 13.5. The van der Waals surface area contributed by atoms with Crippen LogP contribution in [0.2, 0.25) is 0 Å². The van der Waals surface area contributed by atoms with Gasteiger partial charge in [-0.25, -0.2) is 18.0 Å². The lowest BCUT2D eigenvalue weighted by atomic mass is 10.0. The molecule has 1 aliphatic heterocycles. The van der Waals surface area contributed by atoms with Crippen molar-refractivity contribution in [2.45, 2.75) is 37.3 Å². The number of carboxylic acid groups (broad SMARTS) is 1. The number of carbonyl (C=O) groups is 2. The molecule has 13 nitrogen and oxygen atoms in total. The summed E-state index contributed by atoms with van der Waals surface area (Å²) in [5.41, 5.74) is 0.681. The molecular formula is C26H35N3O10S. The summed E-state index contributed by atoms with van der Waals surface area (Å²) in [7, 11) is -2.61. The molecule has 0 fully saturated rings. The van der Waals surface area contributed by atoms with Crippen LogP contribution < -0.4 is 24.8 Å². The van der Waals surface area contributed by atoms with E-state index in [0.29, 0.717) is 22.8 Å². The topological polar surface area (TPSA) is 173 Å². The van der Waals surface area contributed by atoms with Crippen LogP contribution in [-0.4, -0.2) is 87.4 Å². The predicted molar refractivity (Wildman–Crippen MR) is 143 cm³/mol. The van der Waals surface area contributed by atoms with Gasteiger partial charge in [-0.05, 0) is 42.2 Å². The summed E-state index contributed by atoms with van der Waals surface area (Å²) in [6.07, 6.45) is -3.19. The Morgan fingerprint density at radius 3 is 2.40 bits per heavy atom. The SMILES string of the molecule is CNC(=O)OCCOc1ccc(C[C@H](NC(=O)O)[C@H](O)CN(CC(C)C)S(=O)(=O)c2ccc3c(c2)OCO3)cc1. The summed E-state index contributed by atoms with van der Waals surface area (Å²) in [5, 5.41) is 25.1. The molecule has 0 spiro atoms. The molecule has 2 aromatic carbocycles. The molecule has 40 heavy (non-hydrogen) atoms. The van der Waals surface area contributed by atoms with Crippen molar-refractivity contribution in [1.82, 2.24) is 14.9 Å². The van der Waals surface area contributed by atoms with Crippen LogP contribution in [0.25, 0.3) is 0 Å². The fourth-order valence-corrected chi connectivity index (χ4v) is 5.62. The number of nitrogens with zero attached hydrogens (tertiary/aromatic N) is 1. The lowest BCUT2D eigenvalue weighted by Crippen LogP contribution is -2.50. The molecule has 0 aromatic heterocycles. The van der Waals surface area contributed by atoms with E-state index in [-0.39, 0.29) is 50.3 Å². The van der Waals surface area contributed by atoms with E-state index < -0.39 is 34.4 Å². The predicted octanol–water partition coefficient (Wildman–Crippen LogP) is 2.04. The van der Waals surface area contributed by atoms with Crippen molar-refractivity contribution in [3.05, 3.63) is 48.0 Å². The van der Waals surface area contributed by atoms with Gasteiger partial charge in [0.15, 0.2) is 11.5 Å². The quantitative estimate of drug-likeness (QED) is 0.242. The van der Waals surface area contributed by atoms with Gasteiger partial charge in [0.1, 0.15) is 19.0 Å². The number of amides is 2. The van der Waals surface area contributed by atoms with Crippen LogP contribution in [-0.2, 0) is 21.2 Å². The Balaban J connectivity index is 1.70. The summed E-state index contributed by atoms with van der Waals surface area (Å²) in [6, 6.07) is 10.0. The highest BCUT2D eigenvalue weighted by atomic mass is 32.2. The highest BCUT2D eigenvalue weighted by Crippen LogP contribution is 2.35. The second kappa shape index (κ2) is 14.1. The molecule has 2 aromatic rings. The molecule has 0 saturated carbocycles. The minimum absolute atomic E-state index is 0.00496. The third kappa shape index (κ3) is 8.63. The van der Waals surface area contributed by atoms with E-state index in [1.807, 2.05) is 13.8 Å². The van der Waals surface area contributed by atoms with E-state index in [0.717, 1.165) is 4.31 Å². The summed E-state index contributed by atoms with van der Waals surface area (Å²) in [5.74, 6) is 1.18. The number of hydrogen-bond acceptors (Lipinski definition) is 9. The average Bonchev–Trinajstić information content (AvgIpc) is 3.38. The van der Waals surface area contributed by atoms with Gasteiger partial charge in [0, 0.05) is 26.2 Å². The minimum Gasteiger partial charge on any atom is -0.490 e. The molecule has 0 radical (unpaired) electrons. The number of alkyl carbamates (subject to hydrolysis) is 1. The number of fused-ring (bicyclic) bond motifs is 1. The number of rotatable bonds is 14. The van der Waals surface area contributed by atoms with E-state index in [1.54, 1.807) is 24.3 Å². The fraction of sp³-hybridized carbons (Fsp3) is 0.462. The maximum absolute atomic E-state index is 13.5. The lowest BCUT2D eigenvalue weighted by molar-refractivity contribution is 0.0980. The highest BCUT2D eigenvalue weighted by molar-refractivity contribution is 7.89. The first-order valence-electron chi connectivity index (χ1n) is 12.6. The van der Waals surface area contributed by atoms with Gasteiger partial charge >= 0.3 is 12.2 Å². The molecule has 0 saturated heterocycles. The van der Waals surface area contributed by atoms with E-state index in [1.165, 1.54) is 25.2 Å². The number of aliphatic hydroxyl groups is 1. The number of ether oxygens (including phenoxy) is 4. The summed E-state index contributed by atoms with van der Waals surface area (Å²) < 4.78 is 49.2. The lowest BCUT2D eigenvalue weighted by Gasteiger charge is -2.30. The second-order valence-corrected chi connectivity index (χ2v) is 11.4. The monoisotopic (exact) mass is 581 g/mol. The Morgan fingerprint density at radius 1 is 1.05 bits per heavy atom. The molecule has 4 N–H and O–H groups in total. The van der Waals surface area contributed by atoms with Gasteiger partial charge in [-0.2, -0.15) is 4.31 Å². The summed E-state index contributed by atoms with van der Waals surface area (Å²) in [4.78, 5) is 22.6. The van der Waals surface area contributed by atoms with Crippen molar-refractivity contribution < 1.29 is 47.2 Å². The molecule has 220 valence electrons. The van der Waals surface area contributed by atoms with Gasteiger partial charge in [0.2, 0.25) is 16.8 Å². The van der Waals surface area contributed by atoms with Crippen molar-refractivity contribution >= 4 is 22.2 Å². The van der Waals surface area contributed by atoms with Gasteiger partial charge in [0.25, 0.3) is 0 Å². The Morgan fingerprint density at radius 2 is 1.75 bits per heavy atom. The average molecular weight is 582 g/mol. The Bertz CT molecular complexity index is 1250. The minimum atomic E-state index is -4.06. The van der Waals surface area contributed by atoms with Gasteiger partial charge in [-0.3, -0.25) is 0 Å². The Hall–Kier alpha value is -3.75. The fourth-order valence-electron chi connectivity index (χ4n) is 3.98. The van der Waals surface area contributed by atoms with Crippen LogP contribution in [0.5, 0.6) is 17.2 Å². The van der Waals surface area contributed by atoms with Gasteiger partial charge < -0.3 is 39.8 Å². The maximum Gasteiger partial charge on any atom is 0.406 e. The zero-order chi connectivity index (χ0) is 29.3. The third-order valence-corrected chi connectivity index (χ3v) is 7.71. The van der Waals surface area contributed by atoms with Gasteiger partial charge in [-0.1, -0.05) is 26.0 Å². The highest BCUT2D eigenvalue weighted by Gasteiger charge is 2.32. The van der Waals surface area contributed by atoms with Crippen molar-refractivity contribution in [3.63, 3.8) is 0 Å². The zero-order valence-electron chi connectivity index (χ0n) is 22.5. The first kappa shape index (κ1) is 30.8. The first-order chi connectivity index (χ1) is 19.0. The largest absolute Gasteiger partial charge is 0.490 e. The van der Waals surface area contributed by atoms with Crippen molar-refractivity contribution in [2.75, 3.05) is 40.1 Å². The van der Waals surface area contributed by atoms with Crippen LogP contribution in [0.15, 0.2) is 47.4 Å². The number of sulfonamides is 1. The summed E-state index contributed by atoms with van der Waals surface area (Å²) in [6.45, 7) is 3.63. The second-order valence-electron chi connectivity index (χ2n) is 9.44. The van der Waals surface area contributed by atoms with Crippen LogP contribution in [0, 0.1) is 5.92 Å². The van der Waals surface area contributed by atoms with Crippen LogP contribution in [0.4, 0.5) is 9.59 Å². The molecular weight excluding hydrogens is 546 g/mol. The van der Waals surface area contributed by atoms with Crippen LogP contribution in [0.1, 0.15) is 19.4 Å². The standard InChI is InChI=1S/C26H35N3O10S/c1-17(2)14-29(40(34,35)20-8-9-23-24(13-20)39-16-38-23)15-22(30)21(28-25(31)32)12-18-4-6-19(7-5-18)36-10-11-37-26(33)27-3/h4-9,13,17,21-22,28,30H,10-12,14-16H2,1-3H3,(H,27,33)(H,31,32)/t21-,22+/m0/s1. The molecule has 0 aliphatic carbocycles. The molecule has 0 unspecified atom stereocenters. The van der Waals surface area contributed by atoms with Crippen LogP contribution >= 0.6 is 0 Å². The Kier molecular flexibility index (Phi) is 10.8. The molecule has 14 heteroatoms. The third-order valence-electron chi connectivity index (χ3n) is 5.88. The number of nitrogens with one attached hydrogen (secondary N) is 2.